The average molecular weight is 380 g/mol. The van der Waals surface area contributed by atoms with Crippen molar-refractivity contribution in [3.8, 4) is 0 Å². The quantitative estimate of drug-likeness (QED) is 0.812. The maximum atomic E-state index is 14.0. The van der Waals surface area contributed by atoms with Crippen molar-refractivity contribution in [1.82, 2.24) is 9.80 Å². The molecule has 5 heteroatoms. The molecule has 2 amide bonds. The minimum Gasteiger partial charge on any atom is -0.341 e. The van der Waals surface area contributed by atoms with Gasteiger partial charge < -0.3 is 9.80 Å². The summed E-state index contributed by atoms with van der Waals surface area (Å²) in [6.07, 6.45) is 3.29. The summed E-state index contributed by atoms with van der Waals surface area (Å²) in [5.41, 5.74) is 1.37. The third kappa shape index (κ3) is 3.66. The summed E-state index contributed by atoms with van der Waals surface area (Å²) in [4.78, 5) is 29.4. The summed E-state index contributed by atoms with van der Waals surface area (Å²) in [5, 5.41) is 0. The van der Waals surface area contributed by atoms with Gasteiger partial charge in [0.1, 0.15) is 11.9 Å². The molecule has 0 N–H and O–H groups in total. The standard InChI is InChI=1S/C23H25FN2O2/c24-20-10-5-4-9-19(20)22(27)26-14-6-11-21(26)23(28)25-15-12-18(13-16-25)17-7-2-1-3-8-17/h1-5,7-10,18,21H,6,11-16H2. The van der Waals surface area contributed by atoms with Gasteiger partial charge in [-0.15, -0.1) is 0 Å². The Hall–Kier alpha value is -2.69. The summed E-state index contributed by atoms with van der Waals surface area (Å²) < 4.78 is 14.0. The van der Waals surface area contributed by atoms with Crippen molar-refractivity contribution in [2.75, 3.05) is 19.6 Å². The average Bonchev–Trinajstić information content (AvgIpc) is 3.24. The molecule has 1 atom stereocenters. The molecule has 2 aliphatic heterocycles. The number of rotatable bonds is 3. The third-order valence-corrected chi connectivity index (χ3v) is 5.98. The van der Waals surface area contributed by atoms with Gasteiger partial charge >= 0.3 is 0 Å². The van der Waals surface area contributed by atoms with Gasteiger partial charge in [0.05, 0.1) is 5.56 Å². The molecule has 0 radical (unpaired) electrons. The highest BCUT2D eigenvalue weighted by molar-refractivity contribution is 5.98. The first-order valence-electron chi connectivity index (χ1n) is 10.0. The van der Waals surface area contributed by atoms with Crippen molar-refractivity contribution in [3.05, 3.63) is 71.5 Å². The number of hydrogen-bond donors (Lipinski definition) is 0. The minimum absolute atomic E-state index is 0.00806. The zero-order chi connectivity index (χ0) is 19.5. The highest BCUT2D eigenvalue weighted by Gasteiger charge is 2.38. The largest absolute Gasteiger partial charge is 0.341 e. The van der Waals surface area contributed by atoms with E-state index in [1.165, 1.54) is 17.7 Å². The zero-order valence-corrected chi connectivity index (χ0v) is 15.9. The molecule has 2 aromatic carbocycles. The van der Waals surface area contributed by atoms with E-state index < -0.39 is 11.9 Å². The molecule has 2 aromatic rings. The summed E-state index contributed by atoms with van der Waals surface area (Å²) in [6, 6.07) is 15.9. The molecule has 0 spiro atoms. The Morgan fingerprint density at radius 1 is 0.857 bits per heavy atom. The van der Waals surface area contributed by atoms with Crippen LogP contribution in [0.4, 0.5) is 4.39 Å². The van der Waals surface area contributed by atoms with Gasteiger partial charge in [-0.1, -0.05) is 42.5 Å². The summed E-state index contributed by atoms with van der Waals surface area (Å²) in [6.45, 7) is 1.91. The van der Waals surface area contributed by atoms with E-state index in [9.17, 15) is 14.0 Å². The molecule has 1 unspecified atom stereocenters. The van der Waals surface area contributed by atoms with Crippen molar-refractivity contribution in [1.29, 1.82) is 0 Å². The molecule has 0 aliphatic carbocycles. The lowest BCUT2D eigenvalue weighted by Gasteiger charge is -2.35. The highest BCUT2D eigenvalue weighted by Crippen LogP contribution is 2.30. The number of nitrogens with zero attached hydrogens (tertiary/aromatic N) is 2. The monoisotopic (exact) mass is 380 g/mol. The molecule has 0 saturated carbocycles. The van der Waals surface area contributed by atoms with Crippen LogP contribution in [0.3, 0.4) is 0 Å². The number of piperidine rings is 1. The topological polar surface area (TPSA) is 40.6 Å². The number of carbonyl (C=O) groups excluding carboxylic acids is 2. The normalized spacial score (nSPS) is 20.4. The van der Waals surface area contributed by atoms with Gasteiger partial charge in [-0.05, 0) is 49.3 Å². The molecule has 4 rings (SSSR count). The van der Waals surface area contributed by atoms with Gasteiger partial charge in [0.25, 0.3) is 5.91 Å². The van der Waals surface area contributed by atoms with Crippen LogP contribution < -0.4 is 0 Å². The lowest BCUT2D eigenvalue weighted by molar-refractivity contribution is -0.136. The van der Waals surface area contributed by atoms with Crippen molar-refractivity contribution >= 4 is 11.8 Å². The van der Waals surface area contributed by atoms with Gasteiger partial charge in [0, 0.05) is 19.6 Å². The second-order valence-electron chi connectivity index (χ2n) is 7.65. The van der Waals surface area contributed by atoms with Crippen LogP contribution in [0.25, 0.3) is 0 Å². The lowest BCUT2D eigenvalue weighted by Crippen LogP contribution is -2.50. The maximum absolute atomic E-state index is 14.0. The zero-order valence-electron chi connectivity index (χ0n) is 15.9. The molecule has 0 aromatic heterocycles. The van der Waals surface area contributed by atoms with Gasteiger partial charge in [-0.2, -0.15) is 0 Å². The van der Waals surface area contributed by atoms with Crippen molar-refractivity contribution in [3.63, 3.8) is 0 Å². The predicted octanol–water partition coefficient (Wildman–Crippen LogP) is 3.84. The SMILES string of the molecule is O=C(C1CCCN1C(=O)c1ccccc1F)N1CCC(c2ccccc2)CC1. The van der Waals surface area contributed by atoms with E-state index in [4.69, 9.17) is 0 Å². The Morgan fingerprint density at radius 3 is 2.25 bits per heavy atom. The molecule has 2 saturated heterocycles. The smallest absolute Gasteiger partial charge is 0.257 e. The molecule has 146 valence electrons. The van der Waals surface area contributed by atoms with Crippen molar-refractivity contribution < 1.29 is 14.0 Å². The summed E-state index contributed by atoms with van der Waals surface area (Å²) >= 11 is 0. The van der Waals surface area contributed by atoms with Crippen LogP contribution in [0.5, 0.6) is 0 Å². The van der Waals surface area contributed by atoms with Gasteiger partial charge in [-0.3, -0.25) is 9.59 Å². The Labute approximate surface area is 164 Å². The van der Waals surface area contributed by atoms with E-state index in [-0.39, 0.29) is 17.4 Å². The molecule has 28 heavy (non-hydrogen) atoms. The fourth-order valence-corrected chi connectivity index (χ4v) is 4.43. The molecule has 0 bridgehead atoms. The number of hydrogen-bond acceptors (Lipinski definition) is 2. The Morgan fingerprint density at radius 2 is 1.54 bits per heavy atom. The van der Waals surface area contributed by atoms with Crippen LogP contribution in [-0.2, 0) is 4.79 Å². The lowest BCUT2D eigenvalue weighted by atomic mass is 9.89. The first-order chi connectivity index (χ1) is 13.6. The number of amides is 2. The van der Waals surface area contributed by atoms with Gasteiger partial charge in [0.2, 0.25) is 5.91 Å². The predicted molar refractivity (Wildman–Crippen MR) is 105 cm³/mol. The molecule has 4 nitrogen and oxygen atoms in total. The van der Waals surface area contributed by atoms with Crippen LogP contribution in [0.2, 0.25) is 0 Å². The van der Waals surface area contributed by atoms with Crippen molar-refractivity contribution in [2.45, 2.75) is 37.6 Å². The Balaban J connectivity index is 1.42. The van der Waals surface area contributed by atoms with Crippen molar-refractivity contribution in [2.24, 2.45) is 0 Å². The number of benzene rings is 2. The van der Waals surface area contributed by atoms with Gasteiger partial charge in [-0.25, -0.2) is 4.39 Å². The van der Waals surface area contributed by atoms with Crippen LogP contribution in [0.15, 0.2) is 54.6 Å². The molecule has 2 aliphatic rings. The first kappa shape index (κ1) is 18.7. The number of likely N-dealkylation sites (tertiary alicyclic amines) is 2. The van der Waals surface area contributed by atoms with Crippen LogP contribution in [0, 0.1) is 5.82 Å². The van der Waals surface area contributed by atoms with E-state index in [1.54, 1.807) is 17.0 Å². The van der Waals surface area contributed by atoms with Gasteiger partial charge in [0.15, 0.2) is 0 Å². The maximum Gasteiger partial charge on any atom is 0.257 e. The summed E-state index contributed by atoms with van der Waals surface area (Å²) in [5.74, 6) is -0.430. The molecular weight excluding hydrogens is 355 g/mol. The number of halogens is 1. The van der Waals surface area contributed by atoms with E-state index in [2.05, 4.69) is 24.3 Å². The summed E-state index contributed by atoms with van der Waals surface area (Å²) in [7, 11) is 0. The minimum atomic E-state index is -0.533. The first-order valence-corrected chi connectivity index (χ1v) is 10.0. The fraction of sp³-hybridized carbons (Fsp3) is 0.391. The third-order valence-electron chi connectivity index (χ3n) is 5.98. The molecule has 2 heterocycles. The van der Waals surface area contributed by atoms with Crippen LogP contribution in [0.1, 0.15) is 47.5 Å². The number of carbonyl (C=O) groups is 2. The van der Waals surface area contributed by atoms with E-state index in [0.29, 0.717) is 32.0 Å². The van der Waals surface area contributed by atoms with E-state index in [0.717, 1.165) is 19.3 Å². The molecular formula is C23H25FN2O2. The highest BCUT2D eigenvalue weighted by atomic mass is 19.1. The second-order valence-corrected chi connectivity index (χ2v) is 7.65. The van der Waals surface area contributed by atoms with Crippen LogP contribution in [-0.4, -0.2) is 47.3 Å². The Kier molecular flexibility index (Phi) is 5.42. The fourth-order valence-electron chi connectivity index (χ4n) is 4.43. The molecule has 2 fully saturated rings. The van der Waals surface area contributed by atoms with E-state index in [1.807, 2.05) is 11.0 Å². The Bertz CT molecular complexity index is 847. The van der Waals surface area contributed by atoms with E-state index >= 15 is 0 Å². The second kappa shape index (κ2) is 8.13. The van der Waals surface area contributed by atoms with Crippen LogP contribution >= 0.6 is 0 Å².